The summed E-state index contributed by atoms with van der Waals surface area (Å²) in [6, 6.07) is 9.13. The fourth-order valence-electron chi connectivity index (χ4n) is 3.06. The van der Waals surface area contributed by atoms with Gasteiger partial charge < -0.3 is 19.9 Å². The van der Waals surface area contributed by atoms with Crippen LogP contribution in [0.4, 0.5) is 10.5 Å². The number of methoxy groups -OCH3 is 1. The van der Waals surface area contributed by atoms with Crippen molar-refractivity contribution in [1.29, 1.82) is 5.26 Å². The Labute approximate surface area is 181 Å². The topological polar surface area (TPSA) is 125 Å². The van der Waals surface area contributed by atoms with E-state index in [0.29, 0.717) is 29.2 Å². The summed E-state index contributed by atoms with van der Waals surface area (Å²) in [5.74, 6) is 0.663. The van der Waals surface area contributed by atoms with Gasteiger partial charge in [-0.15, -0.1) is 0 Å². The summed E-state index contributed by atoms with van der Waals surface area (Å²) in [6.07, 6.45) is 0.586. The number of carbonyl (C=O) groups is 2. The van der Waals surface area contributed by atoms with E-state index in [1.54, 1.807) is 58.0 Å². The van der Waals surface area contributed by atoms with Crippen LogP contribution in [0, 0.1) is 11.3 Å². The van der Waals surface area contributed by atoms with Gasteiger partial charge in [-0.2, -0.15) is 5.26 Å². The summed E-state index contributed by atoms with van der Waals surface area (Å²) >= 11 is 0. The summed E-state index contributed by atoms with van der Waals surface area (Å²) in [5, 5.41) is 21.3. The monoisotopic (exact) mass is 426 g/mol. The molecule has 0 aliphatic rings. The van der Waals surface area contributed by atoms with Gasteiger partial charge in [0.25, 0.3) is 0 Å². The summed E-state index contributed by atoms with van der Waals surface area (Å²) in [7, 11) is 1.46. The molecule has 1 aromatic carbocycles. The number of hydrogen-bond donors (Lipinski definition) is 2. The molecule has 164 valence electrons. The average Bonchev–Trinajstić information content (AvgIpc) is 2.71. The number of carboxylic acid groups (broad SMARTS) is 1. The molecule has 9 heteroatoms. The van der Waals surface area contributed by atoms with Crippen LogP contribution in [-0.2, 0) is 4.79 Å². The molecule has 1 atom stereocenters. The van der Waals surface area contributed by atoms with Crippen molar-refractivity contribution in [2.75, 3.05) is 12.4 Å². The Balaban J connectivity index is 2.12. The number of nitriles is 1. The van der Waals surface area contributed by atoms with Crippen molar-refractivity contribution in [3.63, 3.8) is 0 Å². The van der Waals surface area contributed by atoms with Crippen LogP contribution in [0.2, 0.25) is 0 Å². The molecule has 0 unspecified atom stereocenters. The zero-order chi connectivity index (χ0) is 23.2. The predicted molar refractivity (Wildman–Crippen MR) is 114 cm³/mol. The second-order valence-corrected chi connectivity index (χ2v) is 7.70. The number of hydrogen-bond acceptors (Lipinski definition) is 6. The van der Waals surface area contributed by atoms with Gasteiger partial charge in [-0.3, -0.25) is 9.69 Å². The molecule has 0 saturated carbocycles. The van der Waals surface area contributed by atoms with Gasteiger partial charge in [0.1, 0.15) is 23.6 Å². The lowest BCUT2D eigenvalue weighted by Crippen LogP contribution is -2.55. The van der Waals surface area contributed by atoms with Gasteiger partial charge in [0.2, 0.25) is 11.8 Å². The van der Waals surface area contributed by atoms with Crippen molar-refractivity contribution >= 4 is 17.7 Å². The van der Waals surface area contributed by atoms with Gasteiger partial charge in [-0.1, -0.05) is 6.92 Å². The number of ether oxygens (including phenoxy) is 2. The van der Waals surface area contributed by atoms with E-state index in [2.05, 4.69) is 10.3 Å². The highest BCUT2D eigenvalue weighted by Crippen LogP contribution is 2.28. The third-order valence-corrected chi connectivity index (χ3v) is 4.45. The SMILES string of the molecule is CC[C@H](C(=O)Nc1ccc(Oc2ccc(C#N)c(OC)c2)nc1)N(C(=O)O)C(C)(C)C. The van der Waals surface area contributed by atoms with Crippen molar-refractivity contribution in [3.8, 4) is 23.4 Å². The zero-order valence-electron chi connectivity index (χ0n) is 18.2. The minimum Gasteiger partial charge on any atom is -0.495 e. The van der Waals surface area contributed by atoms with Crippen molar-refractivity contribution in [3.05, 3.63) is 42.1 Å². The van der Waals surface area contributed by atoms with Gasteiger partial charge in [0.15, 0.2) is 0 Å². The number of aromatic nitrogens is 1. The lowest BCUT2D eigenvalue weighted by atomic mass is 10.0. The number of nitrogens with one attached hydrogen (secondary N) is 1. The van der Waals surface area contributed by atoms with Gasteiger partial charge in [0.05, 0.1) is 24.6 Å². The highest BCUT2D eigenvalue weighted by atomic mass is 16.5. The molecule has 2 rings (SSSR count). The van der Waals surface area contributed by atoms with E-state index >= 15 is 0 Å². The molecule has 1 heterocycles. The average molecular weight is 426 g/mol. The molecule has 0 saturated heterocycles. The highest BCUT2D eigenvalue weighted by molar-refractivity contribution is 5.96. The van der Waals surface area contributed by atoms with Crippen LogP contribution in [0.1, 0.15) is 39.7 Å². The van der Waals surface area contributed by atoms with E-state index in [-0.39, 0.29) is 5.88 Å². The molecule has 0 fully saturated rings. The molecule has 2 N–H and O–H groups in total. The second kappa shape index (κ2) is 9.80. The zero-order valence-corrected chi connectivity index (χ0v) is 18.2. The van der Waals surface area contributed by atoms with Gasteiger partial charge >= 0.3 is 6.09 Å². The maximum absolute atomic E-state index is 12.7. The molecule has 0 bridgehead atoms. The molecule has 2 amide bonds. The first-order valence-corrected chi connectivity index (χ1v) is 9.65. The molecule has 0 aliphatic heterocycles. The molecule has 0 radical (unpaired) electrons. The van der Waals surface area contributed by atoms with Crippen LogP contribution < -0.4 is 14.8 Å². The molecule has 0 aliphatic carbocycles. The smallest absolute Gasteiger partial charge is 0.408 e. The Kier molecular flexibility index (Phi) is 7.42. The first-order chi connectivity index (χ1) is 14.6. The first kappa shape index (κ1) is 23.5. The quantitative estimate of drug-likeness (QED) is 0.678. The maximum atomic E-state index is 12.7. The number of nitrogens with zero attached hydrogens (tertiary/aromatic N) is 3. The van der Waals surface area contributed by atoms with Crippen LogP contribution in [-0.4, -0.2) is 45.7 Å². The maximum Gasteiger partial charge on any atom is 0.408 e. The summed E-state index contributed by atoms with van der Waals surface area (Å²) in [5.41, 5.74) is 0.0616. The summed E-state index contributed by atoms with van der Waals surface area (Å²) in [6.45, 7) is 6.97. The van der Waals surface area contributed by atoms with E-state index in [1.165, 1.54) is 13.3 Å². The Morgan fingerprint density at radius 2 is 2.00 bits per heavy atom. The number of pyridine rings is 1. The number of carbonyl (C=O) groups excluding carboxylic acids is 1. The largest absolute Gasteiger partial charge is 0.495 e. The van der Waals surface area contributed by atoms with Crippen LogP contribution in [0.3, 0.4) is 0 Å². The molecular weight excluding hydrogens is 400 g/mol. The highest BCUT2D eigenvalue weighted by Gasteiger charge is 2.36. The van der Waals surface area contributed by atoms with Crippen LogP contribution in [0.25, 0.3) is 0 Å². The fraction of sp³-hybridized carbons (Fsp3) is 0.364. The van der Waals surface area contributed by atoms with Crippen molar-refractivity contribution in [1.82, 2.24) is 9.88 Å². The molecule has 0 spiro atoms. The second-order valence-electron chi connectivity index (χ2n) is 7.70. The Hall–Kier alpha value is -3.80. The third-order valence-electron chi connectivity index (χ3n) is 4.45. The number of rotatable bonds is 7. The Bertz CT molecular complexity index is 977. The molecule has 31 heavy (non-hydrogen) atoms. The van der Waals surface area contributed by atoms with Crippen LogP contribution >= 0.6 is 0 Å². The van der Waals surface area contributed by atoms with Crippen molar-refractivity contribution in [2.45, 2.75) is 45.7 Å². The van der Waals surface area contributed by atoms with Gasteiger partial charge in [0, 0.05) is 17.7 Å². The lowest BCUT2D eigenvalue weighted by Gasteiger charge is -2.38. The standard InChI is InChI=1S/C22H26N4O5/c1-6-17(26(21(28)29)22(2,3)4)20(27)25-15-8-10-19(24-13-15)31-16-9-7-14(12-23)18(11-16)30-5/h7-11,13,17H,6H2,1-5H3,(H,25,27)(H,28,29)/t17-/m1/s1. The fourth-order valence-corrected chi connectivity index (χ4v) is 3.06. The number of amides is 2. The molecular formula is C22H26N4O5. The normalized spacial score (nSPS) is 11.7. The van der Waals surface area contributed by atoms with E-state index in [1.807, 2.05) is 6.07 Å². The van der Waals surface area contributed by atoms with Crippen LogP contribution in [0.15, 0.2) is 36.5 Å². The van der Waals surface area contributed by atoms with Crippen molar-refractivity contribution in [2.24, 2.45) is 0 Å². The molecule has 9 nitrogen and oxygen atoms in total. The van der Waals surface area contributed by atoms with E-state index < -0.39 is 23.6 Å². The summed E-state index contributed by atoms with van der Waals surface area (Å²) < 4.78 is 10.8. The molecule has 1 aromatic heterocycles. The molecule has 2 aromatic rings. The van der Waals surface area contributed by atoms with E-state index in [9.17, 15) is 14.7 Å². The van der Waals surface area contributed by atoms with E-state index in [4.69, 9.17) is 14.7 Å². The van der Waals surface area contributed by atoms with Crippen molar-refractivity contribution < 1.29 is 24.2 Å². The van der Waals surface area contributed by atoms with E-state index in [0.717, 1.165) is 4.90 Å². The number of benzene rings is 1. The third kappa shape index (κ3) is 5.85. The van der Waals surface area contributed by atoms with Gasteiger partial charge in [-0.05, 0) is 45.4 Å². The Morgan fingerprint density at radius 1 is 1.29 bits per heavy atom. The lowest BCUT2D eigenvalue weighted by molar-refractivity contribution is -0.122. The summed E-state index contributed by atoms with van der Waals surface area (Å²) in [4.78, 5) is 29.7. The van der Waals surface area contributed by atoms with Crippen LogP contribution in [0.5, 0.6) is 17.4 Å². The minimum atomic E-state index is -1.16. The Morgan fingerprint density at radius 3 is 2.48 bits per heavy atom. The number of anilines is 1. The minimum absolute atomic E-state index is 0.277. The first-order valence-electron chi connectivity index (χ1n) is 9.65. The predicted octanol–water partition coefficient (Wildman–Crippen LogP) is 4.25. The van der Waals surface area contributed by atoms with Gasteiger partial charge in [-0.25, -0.2) is 9.78 Å².